The molecule has 1 aromatic carbocycles. The summed E-state index contributed by atoms with van der Waals surface area (Å²) in [7, 11) is 0. The molecular formula is C12H9N5O3S. The van der Waals surface area contributed by atoms with Gasteiger partial charge in [0.1, 0.15) is 0 Å². The van der Waals surface area contributed by atoms with Crippen molar-refractivity contribution in [2.45, 2.75) is 0 Å². The molecule has 0 saturated carbocycles. The number of thiocarbonyl (C=S) groups is 1. The molecule has 0 saturated heterocycles. The second-order valence-electron chi connectivity index (χ2n) is 3.79. The van der Waals surface area contributed by atoms with Gasteiger partial charge >= 0.3 is 0 Å². The number of carbonyl (C=O) groups is 1. The molecule has 1 heterocycles. The quantitative estimate of drug-likeness (QED) is 0.502. The monoisotopic (exact) mass is 303 g/mol. The Hall–Kier alpha value is -2.94. The third-order valence-electron chi connectivity index (χ3n) is 2.34. The zero-order valence-electron chi connectivity index (χ0n) is 10.5. The first-order valence-corrected chi connectivity index (χ1v) is 6.11. The largest absolute Gasteiger partial charge is 0.301 e. The minimum Gasteiger partial charge on any atom is -0.301 e. The number of non-ortho nitro benzene ring substituents is 1. The van der Waals surface area contributed by atoms with Crippen LogP contribution in [-0.2, 0) is 0 Å². The average Bonchev–Trinajstić information content (AvgIpc) is 2.48. The molecule has 21 heavy (non-hydrogen) atoms. The second-order valence-corrected chi connectivity index (χ2v) is 4.20. The van der Waals surface area contributed by atoms with Crippen LogP contribution in [-0.4, -0.2) is 25.9 Å². The molecule has 0 atom stereocenters. The molecule has 0 bridgehead atoms. The van der Waals surface area contributed by atoms with Gasteiger partial charge in [-0.05, 0) is 24.4 Å². The van der Waals surface area contributed by atoms with Gasteiger partial charge in [0, 0.05) is 30.1 Å². The normalized spacial score (nSPS) is 9.71. The van der Waals surface area contributed by atoms with E-state index in [4.69, 9.17) is 12.2 Å². The van der Waals surface area contributed by atoms with Gasteiger partial charge in [-0.3, -0.25) is 20.2 Å². The summed E-state index contributed by atoms with van der Waals surface area (Å²) in [4.78, 5) is 29.8. The van der Waals surface area contributed by atoms with Crippen molar-refractivity contribution in [3.63, 3.8) is 0 Å². The molecule has 0 aliphatic carbocycles. The molecule has 2 aromatic rings. The number of rotatable bonds is 3. The fourth-order valence-electron chi connectivity index (χ4n) is 1.43. The Bertz CT molecular complexity index is 692. The molecule has 2 rings (SSSR count). The molecule has 0 aliphatic rings. The number of amides is 1. The Labute approximate surface area is 124 Å². The zero-order valence-corrected chi connectivity index (χ0v) is 11.3. The van der Waals surface area contributed by atoms with Gasteiger partial charge in [-0.15, -0.1) is 0 Å². The lowest BCUT2D eigenvalue weighted by Crippen LogP contribution is -2.34. The Morgan fingerprint density at radius 1 is 1.24 bits per heavy atom. The first kappa shape index (κ1) is 14.5. The van der Waals surface area contributed by atoms with Gasteiger partial charge in [-0.2, -0.15) is 0 Å². The lowest BCUT2D eigenvalue weighted by Gasteiger charge is -2.07. The first-order valence-electron chi connectivity index (χ1n) is 5.70. The summed E-state index contributed by atoms with van der Waals surface area (Å²) in [6, 6.07) is 6.96. The van der Waals surface area contributed by atoms with Crippen molar-refractivity contribution in [3.8, 4) is 0 Å². The minimum atomic E-state index is -0.578. The van der Waals surface area contributed by atoms with Crippen LogP contribution in [0.5, 0.6) is 0 Å². The standard InChI is InChI=1S/C12H9N5O3S/c18-10(8-3-1-4-9(7-8)17(19)20)15-12(21)16-11-13-5-2-6-14-11/h1-7H,(H2,13,14,15,16,18,21). The highest BCUT2D eigenvalue weighted by Gasteiger charge is 2.12. The second kappa shape index (κ2) is 6.48. The molecule has 9 heteroatoms. The molecule has 0 aliphatic heterocycles. The van der Waals surface area contributed by atoms with E-state index >= 15 is 0 Å². The van der Waals surface area contributed by atoms with E-state index in [-0.39, 0.29) is 22.3 Å². The molecule has 1 amide bonds. The third-order valence-corrected chi connectivity index (χ3v) is 2.54. The number of hydrogen-bond donors (Lipinski definition) is 2. The Balaban J connectivity index is 2.02. The van der Waals surface area contributed by atoms with E-state index < -0.39 is 10.8 Å². The van der Waals surface area contributed by atoms with Crippen molar-refractivity contribution in [1.29, 1.82) is 0 Å². The molecule has 0 unspecified atom stereocenters. The van der Waals surface area contributed by atoms with E-state index in [0.29, 0.717) is 0 Å². The maximum atomic E-state index is 11.9. The van der Waals surface area contributed by atoms with Gasteiger partial charge in [0.05, 0.1) is 4.92 Å². The van der Waals surface area contributed by atoms with Crippen molar-refractivity contribution in [2.24, 2.45) is 0 Å². The van der Waals surface area contributed by atoms with Gasteiger partial charge < -0.3 is 5.32 Å². The van der Waals surface area contributed by atoms with Gasteiger partial charge in [-0.1, -0.05) is 6.07 Å². The minimum absolute atomic E-state index is 0.00212. The number of nitrogens with zero attached hydrogens (tertiary/aromatic N) is 3. The Kier molecular flexibility index (Phi) is 4.46. The van der Waals surface area contributed by atoms with Crippen molar-refractivity contribution in [1.82, 2.24) is 15.3 Å². The van der Waals surface area contributed by atoms with E-state index in [2.05, 4.69) is 20.6 Å². The van der Waals surface area contributed by atoms with Gasteiger partial charge in [0.2, 0.25) is 5.95 Å². The predicted octanol–water partition coefficient (Wildman–Crippen LogP) is 1.51. The number of aromatic nitrogens is 2. The summed E-state index contributed by atoms with van der Waals surface area (Å²) >= 11 is 4.94. The number of carbonyl (C=O) groups excluding carboxylic acids is 1. The van der Waals surface area contributed by atoms with E-state index in [9.17, 15) is 14.9 Å². The number of nitro benzene ring substituents is 1. The van der Waals surface area contributed by atoms with Gasteiger partial charge in [-0.25, -0.2) is 9.97 Å². The summed E-state index contributed by atoms with van der Waals surface area (Å²) in [5.74, 6) is -0.325. The molecule has 0 fully saturated rings. The Morgan fingerprint density at radius 2 is 1.95 bits per heavy atom. The third kappa shape index (κ3) is 4.01. The Morgan fingerprint density at radius 3 is 2.62 bits per heavy atom. The highest BCUT2D eigenvalue weighted by atomic mass is 32.1. The van der Waals surface area contributed by atoms with Crippen LogP contribution in [0, 0.1) is 10.1 Å². The molecular weight excluding hydrogens is 294 g/mol. The molecule has 106 valence electrons. The zero-order chi connectivity index (χ0) is 15.2. The molecule has 0 spiro atoms. The van der Waals surface area contributed by atoms with Crippen LogP contribution in [0.3, 0.4) is 0 Å². The fraction of sp³-hybridized carbons (Fsp3) is 0. The molecule has 0 radical (unpaired) electrons. The summed E-state index contributed by atoms with van der Waals surface area (Å²) in [6.45, 7) is 0. The van der Waals surface area contributed by atoms with Crippen LogP contribution in [0.2, 0.25) is 0 Å². The van der Waals surface area contributed by atoms with Gasteiger partial charge in [0.25, 0.3) is 11.6 Å². The van der Waals surface area contributed by atoms with Crippen LogP contribution in [0.15, 0.2) is 42.7 Å². The summed E-state index contributed by atoms with van der Waals surface area (Å²) in [5, 5.41) is 15.7. The van der Waals surface area contributed by atoms with Crippen molar-refractivity contribution >= 4 is 34.9 Å². The smallest absolute Gasteiger partial charge is 0.270 e. The van der Waals surface area contributed by atoms with Crippen LogP contribution >= 0.6 is 12.2 Å². The highest BCUT2D eigenvalue weighted by Crippen LogP contribution is 2.12. The van der Waals surface area contributed by atoms with E-state index in [1.54, 1.807) is 6.07 Å². The number of nitrogens with one attached hydrogen (secondary N) is 2. The fourth-order valence-corrected chi connectivity index (χ4v) is 1.62. The highest BCUT2D eigenvalue weighted by molar-refractivity contribution is 7.80. The van der Waals surface area contributed by atoms with Crippen LogP contribution in [0.1, 0.15) is 10.4 Å². The van der Waals surface area contributed by atoms with Crippen molar-refractivity contribution in [3.05, 3.63) is 58.4 Å². The van der Waals surface area contributed by atoms with Crippen molar-refractivity contribution < 1.29 is 9.72 Å². The van der Waals surface area contributed by atoms with Crippen LogP contribution in [0.25, 0.3) is 0 Å². The average molecular weight is 303 g/mol. The first-order chi connectivity index (χ1) is 10.1. The molecule has 1 aromatic heterocycles. The maximum Gasteiger partial charge on any atom is 0.270 e. The molecule has 8 nitrogen and oxygen atoms in total. The van der Waals surface area contributed by atoms with Gasteiger partial charge in [0.15, 0.2) is 5.11 Å². The maximum absolute atomic E-state index is 11.9. The number of anilines is 1. The van der Waals surface area contributed by atoms with E-state index in [1.165, 1.54) is 30.6 Å². The summed E-state index contributed by atoms with van der Waals surface area (Å²) in [5.41, 5.74) is -0.0461. The topological polar surface area (TPSA) is 110 Å². The lowest BCUT2D eigenvalue weighted by atomic mass is 10.2. The SMILES string of the molecule is O=C(NC(=S)Nc1ncccn1)c1cccc([N+](=O)[O-])c1. The predicted molar refractivity (Wildman–Crippen MR) is 78.8 cm³/mol. The summed E-state index contributed by atoms with van der Waals surface area (Å²) < 4.78 is 0. The lowest BCUT2D eigenvalue weighted by molar-refractivity contribution is -0.384. The van der Waals surface area contributed by atoms with Crippen molar-refractivity contribution in [2.75, 3.05) is 5.32 Å². The van der Waals surface area contributed by atoms with Crippen LogP contribution < -0.4 is 10.6 Å². The van der Waals surface area contributed by atoms with E-state index in [1.807, 2.05) is 0 Å². The molecule has 2 N–H and O–H groups in total. The summed E-state index contributed by atoms with van der Waals surface area (Å²) in [6.07, 6.45) is 3.03. The number of benzene rings is 1. The van der Waals surface area contributed by atoms with Crippen LogP contribution in [0.4, 0.5) is 11.6 Å². The number of hydrogen-bond acceptors (Lipinski definition) is 6. The van der Waals surface area contributed by atoms with E-state index in [0.717, 1.165) is 6.07 Å². The number of nitro groups is 1.